The van der Waals surface area contributed by atoms with Gasteiger partial charge in [0.2, 0.25) is 0 Å². The van der Waals surface area contributed by atoms with Crippen molar-refractivity contribution in [1.82, 2.24) is 0 Å². The lowest BCUT2D eigenvalue weighted by molar-refractivity contribution is 0.878. The topological polar surface area (TPSA) is 26.0 Å². The Morgan fingerprint density at radius 2 is 1.67 bits per heavy atom. The van der Waals surface area contributed by atoms with Gasteiger partial charge in [-0.25, -0.2) is 0 Å². The van der Waals surface area contributed by atoms with Gasteiger partial charge in [0, 0.05) is 8.27 Å². The van der Waals surface area contributed by atoms with Crippen LogP contribution in [0.3, 0.4) is 0 Å². The highest BCUT2D eigenvalue weighted by Gasteiger charge is 2.15. The Labute approximate surface area is 124 Å². The fourth-order valence-corrected chi connectivity index (χ4v) is 3.85. The summed E-state index contributed by atoms with van der Waals surface area (Å²) in [4.78, 5) is 0. The molecule has 18 heavy (non-hydrogen) atoms. The first kappa shape index (κ1) is 12.1. The molecule has 0 saturated carbocycles. The zero-order valence-corrected chi connectivity index (χ0v) is 12.6. The minimum absolute atomic E-state index is 0.0470. The van der Waals surface area contributed by atoms with Gasteiger partial charge in [-0.2, -0.15) is 0 Å². The first-order chi connectivity index (χ1) is 8.77. The van der Waals surface area contributed by atoms with E-state index in [1.807, 2.05) is 12.1 Å². The van der Waals surface area contributed by atoms with E-state index in [0.717, 1.165) is 0 Å². The molecule has 2 aromatic carbocycles. The van der Waals surface area contributed by atoms with Gasteiger partial charge in [0.1, 0.15) is 0 Å². The summed E-state index contributed by atoms with van der Waals surface area (Å²) in [6.07, 6.45) is 0. The minimum atomic E-state index is -0.0470. The van der Waals surface area contributed by atoms with E-state index in [1.54, 1.807) is 11.3 Å². The van der Waals surface area contributed by atoms with Crippen molar-refractivity contribution in [3.05, 3.63) is 68.6 Å². The molecule has 0 radical (unpaired) electrons. The van der Waals surface area contributed by atoms with Crippen LogP contribution in [0.1, 0.15) is 17.2 Å². The van der Waals surface area contributed by atoms with Crippen LogP contribution >= 0.6 is 33.9 Å². The molecule has 1 aromatic heterocycles. The lowest BCUT2D eigenvalue weighted by atomic mass is 9.99. The Kier molecular flexibility index (Phi) is 3.37. The molecule has 1 unspecified atom stereocenters. The zero-order valence-electron chi connectivity index (χ0n) is 9.64. The number of hydrogen-bond donors (Lipinski definition) is 1. The monoisotopic (exact) mass is 365 g/mol. The molecule has 1 atom stereocenters. The van der Waals surface area contributed by atoms with Crippen molar-refractivity contribution in [3.63, 3.8) is 0 Å². The van der Waals surface area contributed by atoms with E-state index in [1.165, 1.54) is 24.8 Å². The second-order valence-corrected chi connectivity index (χ2v) is 6.26. The lowest BCUT2D eigenvalue weighted by Crippen LogP contribution is -2.12. The van der Waals surface area contributed by atoms with Crippen LogP contribution in [0.4, 0.5) is 0 Å². The van der Waals surface area contributed by atoms with Gasteiger partial charge in [-0.05, 0) is 56.6 Å². The molecule has 1 nitrogen and oxygen atoms in total. The fourth-order valence-electron chi connectivity index (χ4n) is 2.13. The largest absolute Gasteiger partial charge is 0.320 e. The van der Waals surface area contributed by atoms with Crippen molar-refractivity contribution in [2.45, 2.75) is 6.04 Å². The molecule has 3 rings (SSSR count). The molecule has 3 heteroatoms. The molecular formula is C15H12INS. The van der Waals surface area contributed by atoms with Crippen molar-refractivity contribution in [2.75, 3.05) is 0 Å². The summed E-state index contributed by atoms with van der Waals surface area (Å²) in [6, 6.07) is 16.7. The summed E-state index contributed by atoms with van der Waals surface area (Å²) in [5.74, 6) is 0. The van der Waals surface area contributed by atoms with E-state index in [9.17, 15) is 0 Å². The number of benzene rings is 2. The van der Waals surface area contributed by atoms with Gasteiger partial charge in [-0.1, -0.05) is 36.4 Å². The van der Waals surface area contributed by atoms with Gasteiger partial charge in [-0.15, -0.1) is 11.3 Å². The predicted molar refractivity (Wildman–Crippen MR) is 87.0 cm³/mol. The van der Waals surface area contributed by atoms with E-state index < -0.39 is 0 Å². The highest BCUT2D eigenvalue weighted by Crippen LogP contribution is 2.33. The summed E-state index contributed by atoms with van der Waals surface area (Å²) in [6.45, 7) is 0. The summed E-state index contributed by atoms with van der Waals surface area (Å²) in [5, 5.41) is 3.45. The fraction of sp³-hybridized carbons (Fsp3) is 0.0667. The average Bonchev–Trinajstić information content (AvgIpc) is 2.82. The second kappa shape index (κ2) is 4.99. The van der Waals surface area contributed by atoms with Crippen LogP contribution < -0.4 is 5.73 Å². The number of hydrogen-bond acceptors (Lipinski definition) is 2. The highest BCUT2D eigenvalue weighted by molar-refractivity contribution is 14.1. The van der Waals surface area contributed by atoms with Gasteiger partial charge in [0.05, 0.1) is 6.04 Å². The van der Waals surface area contributed by atoms with Gasteiger partial charge >= 0.3 is 0 Å². The van der Waals surface area contributed by atoms with Gasteiger partial charge in [0.15, 0.2) is 0 Å². The van der Waals surface area contributed by atoms with Crippen molar-refractivity contribution in [3.8, 4) is 0 Å². The quantitative estimate of drug-likeness (QED) is 0.663. The van der Waals surface area contributed by atoms with Crippen LogP contribution in [-0.4, -0.2) is 0 Å². The maximum absolute atomic E-state index is 6.43. The Hall–Kier alpha value is -0.910. The van der Waals surface area contributed by atoms with Gasteiger partial charge < -0.3 is 5.73 Å². The molecule has 0 bridgehead atoms. The Bertz CT molecular complexity index is 690. The Balaban J connectivity index is 2.13. The second-order valence-electron chi connectivity index (χ2n) is 4.19. The molecule has 0 aliphatic rings. The molecular weight excluding hydrogens is 353 g/mol. The number of halogens is 1. The third-order valence-corrected chi connectivity index (χ3v) is 5.05. The van der Waals surface area contributed by atoms with Crippen molar-refractivity contribution in [2.24, 2.45) is 5.73 Å². The molecule has 0 aliphatic carbocycles. The average molecular weight is 365 g/mol. The first-order valence-electron chi connectivity index (χ1n) is 5.73. The van der Waals surface area contributed by atoms with Crippen molar-refractivity contribution in [1.29, 1.82) is 0 Å². The maximum Gasteiger partial charge on any atom is 0.0576 e. The van der Waals surface area contributed by atoms with Crippen LogP contribution in [0.15, 0.2) is 53.9 Å². The van der Waals surface area contributed by atoms with E-state index in [0.29, 0.717) is 0 Å². The minimum Gasteiger partial charge on any atom is -0.320 e. The number of rotatable bonds is 2. The Morgan fingerprint density at radius 3 is 2.50 bits per heavy atom. The van der Waals surface area contributed by atoms with Crippen LogP contribution in [-0.2, 0) is 0 Å². The summed E-state index contributed by atoms with van der Waals surface area (Å²) in [7, 11) is 0. The lowest BCUT2D eigenvalue weighted by Gasteiger charge is -2.13. The van der Waals surface area contributed by atoms with Crippen LogP contribution in [0.25, 0.3) is 10.1 Å². The first-order valence-corrected chi connectivity index (χ1v) is 7.69. The number of nitrogens with two attached hydrogens (primary N) is 1. The predicted octanol–water partition coefficient (Wildman–Crippen LogP) is 4.55. The number of fused-ring (bicyclic) bond motifs is 1. The van der Waals surface area contributed by atoms with Gasteiger partial charge in [0.25, 0.3) is 0 Å². The van der Waals surface area contributed by atoms with Gasteiger partial charge in [-0.3, -0.25) is 0 Å². The molecule has 90 valence electrons. The smallest absolute Gasteiger partial charge is 0.0576 e. The number of thiophene rings is 1. The standard InChI is InChI=1S/C15H12INS/c16-13-7-3-1-6-11(13)15(17)12-9-18-14-8-4-2-5-10(12)14/h1-9,15H,17H2. The van der Waals surface area contributed by atoms with E-state index in [2.05, 4.69) is 64.4 Å². The van der Waals surface area contributed by atoms with Crippen molar-refractivity contribution < 1.29 is 0 Å². The summed E-state index contributed by atoms with van der Waals surface area (Å²) < 4.78 is 2.52. The molecule has 0 aliphatic heterocycles. The van der Waals surface area contributed by atoms with E-state index in [4.69, 9.17) is 5.73 Å². The zero-order chi connectivity index (χ0) is 12.5. The SMILES string of the molecule is NC(c1ccccc1I)c1csc2ccccc12. The molecule has 0 fully saturated rings. The van der Waals surface area contributed by atoms with E-state index in [-0.39, 0.29) is 6.04 Å². The molecule has 0 spiro atoms. The molecule has 0 amide bonds. The third kappa shape index (κ3) is 2.06. The maximum atomic E-state index is 6.43. The normalized spacial score (nSPS) is 12.8. The summed E-state index contributed by atoms with van der Waals surface area (Å²) in [5.41, 5.74) is 8.85. The summed E-state index contributed by atoms with van der Waals surface area (Å²) >= 11 is 4.11. The third-order valence-electron chi connectivity index (χ3n) is 3.09. The van der Waals surface area contributed by atoms with Crippen LogP contribution in [0.2, 0.25) is 0 Å². The highest BCUT2D eigenvalue weighted by atomic mass is 127. The van der Waals surface area contributed by atoms with Crippen molar-refractivity contribution >= 4 is 44.0 Å². The molecule has 1 heterocycles. The molecule has 3 aromatic rings. The molecule has 0 saturated heterocycles. The van der Waals surface area contributed by atoms with Crippen LogP contribution in [0, 0.1) is 3.57 Å². The molecule has 2 N–H and O–H groups in total. The van der Waals surface area contributed by atoms with Crippen LogP contribution in [0.5, 0.6) is 0 Å². The van der Waals surface area contributed by atoms with E-state index >= 15 is 0 Å². The Morgan fingerprint density at radius 1 is 0.944 bits per heavy atom.